The van der Waals surface area contributed by atoms with Gasteiger partial charge in [-0.1, -0.05) is 11.2 Å². The van der Waals surface area contributed by atoms with E-state index in [0.717, 1.165) is 28.3 Å². The van der Waals surface area contributed by atoms with Gasteiger partial charge in [-0.15, -0.1) is 11.8 Å². The lowest BCUT2D eigenvalue weighted by Gasteiger charge is -2.22. The van der Waals surface area contributed by atoms with Crippen LogP contribution in [0.15, 0.2) is 46.1 Å². The molecule has 2 aromatic heterocycles. The van der Waals surface area contributed by atoms with Crippen LogP contribution >= 0.6 is 11.8 Å². The Morgan fingerprint density at radius 2 is 2.03 bits per heavy atom. The first kappa shape index (κ1) is 20.3. The molecule has 8 heteroatoms. The first-order valence-electron chi connectivity index (χ1n) is 9.74. The Labute approximate surface area is 179 Å². The van der Waals surface area contributed by atoms with E-state index in [9.17, 15) is 4.79 Å². The molecule has 3 heterocycles. The predicted molar refractivity (Wildman–Crippen MR) is 113 cm³/mol. The molecule has 0 unspecified atom stereocenters. The molecule has 1 aromatic carbocycles. The minimum Gasteiger partial charge on any atom is -0.454 e. The summed E-state index contributed by atoms with van der Waals surface area (Å²) >= 11 is 1.52. The molecule has 1 amide bonds. The molecule has 0 saturated carbocycles. The number of pyridine rings is 1. The van der Waals surface area contributed by atoms with Crippen molar-refractivity contribution in [3.63, 3.8) is 0 Å². The van der Waals surface area contributed by atoms with Crippen LogP contribution in [0.1, 0.15) is 39.9 Å². The van der Waals surface area contributed by atoms with E-state index in [2.05, 4.69) is 10.1 Å². The molecule has 0 bridgehead atoms. The lowest BCUT2D eigenvalue weighted by Crippen LogP contribution is -2.30. The van der Waals surface area contributed by atoms with Crippen LogP contribution in [0.5, 0.6) is 11.5 Å². The molecule has 0 atom stereocenters. The fraction of sp³-hybridized carbons (Fsp3) is 0.318. The van der Waals surface area contributed by atoms with Gasteiger partial charge in [0.1, 0.15) is 10.8 Å². The van der Waals surface area contributed by atoms with Gasteiger partial charge in [0.2, 0.25) is 6.79 Å². The van der Waals surface area contributed by atoms with Crippen molar-refractivity contribution in [1.29, 1.82) is 0 Å². The highest BCUT2D eigenvalue weighted by Gasteiger charge is 2.21. The number of amides is 1. The zero-order chi connectivity index (χ0) is 21.1. The maximum Gasteiger partial charge on any atom is 0.256 e. The number of rotatable bonds is 7. The summed E-state index contributed by atoms with van der Waals surface area (Å²) in [5.41, 5.74) is 3.48. The summed E-state index contributed by atoms with van der Waals surface area (Å²) in [5, 5.41) is 4.70. The van der Waals surface area contributed by atoms with Crippen LogP contribution in [0, 0.1) is 13.8 Å². The van der Waals surface area contributed by atoms with Crippen LogP contribution < -0.4 is 9.47 Å². The number of carbonyl (C=O) groups is 1. The van der Waals surface area contributed by atoms with E-state index in [4.69, 9.17) is 14.0 Å². The normalized spacial score (nSPS) is 12.2. The van der Waals surface area contributed by atoms with Crippen LogP contribution in [-0.4, -0.2) is 34.3 Å². The van der Waals surface area contributed by atoms with Gasteiger partial charge in [-0.25, -0.2) is 4.98 Å². The number of carbonyl (C=O) groups excluding carboxylic acids is 1. The molecule has 0 spiro atoms. The highest BCUT2D eigenvalue weighted by atomic mass is 32.2. The summed E-state index contributed by atoms with van der Waals surface area (Å²) in [6, 6.07) is 9.38. The van der Waals surface area contributed by atoms with Gasteiger partial charge in [-0.05, 0) is 50.6 Å². The highest BCUT2D eigenvalue weighted by Crippen LogP contribution is 2.33. The van der Waals surface area contributed by atoms with Crippen molar-refractivity contribution in [3.8, 4) is 11.5 Å². The molecule has 1 aliphatic heterocycles. The largest absolute Gasteiger partial charge is 0.454 e. The van der Waals surface area contributed by atoms with Crippen LogP contribution in [0.25, 0.3) is 0 Å². The van der Waals surface area contributed by atoms with Gasteiger partial charge in [0.05, 0.1) is 11.3 Å². The predicted octanol–water partition coefficient (Wildman–Crippen LogP) is 4.37. The lowest BCUT2D eigenvalue weighted by molar-refractivity contribution is 0.0748. The molecular weight excluding hydrogens is 402 g/mol. The van der Waals surface area contributed by atoms with Crippen molar-refractivity contribution >= 4 is 17.7 Å². The summed E-state index contributed by atoms with van der Waals surface area (Å²) in [4.78, 5) is 19.6. The topological polar surface area (TPSA) is 77.7 Å². The van der Waals surface area contributed by atoms with Crippen LogP contribution in [-0.2, 0) is 12.3 Å². The zero-order valence-corrected chi connectivity index (χ0v) is 18.0. The minimum absolute atomic E-state index is 0.0514. The van der Waals surface area contributed by atoms with Crippen molar-refractivity contribution in [2.45, 2.75) is 38.1 Å². The Morgan fingerprint density at radius 3 is 2.80 bits per heavy atom. The molecule has 4 rings (SSSR count). The Bertz CT molecular complexity index is 1050. The van der Waals surface area contributed by atoms with E-state index in [0.29, 0.717) is 35.2 Å². The van der Waals surface area contributed by atoms with Gasteiger partial charge < -0.3 is 18.9 Å². The first-order chi connectivity index (χ1) is 14.6. The zero-order valence-electron chi connectivity index (χ0n) is 17.2. The SMILES string of the molecule is CCN(Cc1ccc2c(c1)OCO2)C(=O)c1cccnc1SCc1c(C)noc1C. The van der Waals surface area contributed by atoms with Gasteiger partial charge in [0.25, 0.3) is 5.91 Å². The second-order valence-electron chi connectivity index (χ2n) is 6.95. The highest BCUT2D eigenvalue weighted by molar-refractivity contribution is 7.98. The molecule has 0 aliphatic carbocycles. The molecule has 1 aliphatic rings. The molecule has 0 fully saturated rings. The fourth-order valence-electron chi connectivity index (χ4n) is 3.27. The molecule has 156 valence electrons. The van der Waals surface area contributed by atoms with Crippen molar-refractivity contribution in [1.82, 2.24) is 15.0 Å². The second-order valence-corrected chi connectivity index (χ2v) is 7.92. The average Bonchev–Trinajstić information content (AvgIpc) is 3.36. The summed E-state index contributed by atoms with van der Waals surface area (Å²) in [6.45, 7) is 7.07. The van der Waals surface area contributed by atoms with E-state index in [1.54, 1.807) is 17.2 Å². The van der Waals surface area contributed by atoms with Gasteiger partial charge in [-0.2, -0.15) is 0 Å². The number of hydrogen-bond acceptors (Lipinski definition) is 7. The van der Waals surface area contributed by atoms with Crippen molar-refractivity contribution in [2.75, 3.05) is 13.3 Å². The Morgan fingerprint density at radius 1 is 1.20 bits per heavy atom. The van der Waals surface area contributed by atoms with Gasteiger partial charge in [0.15, 0.2) is 11.5 Å². The standard InChI is InChI=1S/C22H23N3O4S/c1-4-25(11-16-7-8-19-20(10-16)28-13-27-19)22(26)17-6-5-9-23-21(17)30-12-18-14(2)24-29-15(18)3/h5-10H,4,11-13H2,1-3H3. The average molecular weight is 426 g/mol. The molecule has 30 heavy (non-hydrogen) atoms. The number of nitrogens with zero attached hydrogens (tertiary/aromatic N) is 3. The van der Waals surface area contributed by atoms with Crippen molar-refractivity contribution < 1.29 is 18.8 Å². The smallest absolute Gasteiger partial charge is 0.256 e. The van der Waals surface area contributed by atoms with Crippen LogP contribution in [0.3, 0.4) is 0 Å². The summed E-state index contributed by atoms with van der Waals surface area (Å²) < 4.78 is 16.1. The van der Waals surface area contributed by atoms with Gasteiger partial charge >= 0.3 is 0 Å². The minimum atomic E-state index is -0.0514. The summed E-state index contributed by atoms with van der Waals surface area (Å²) in [7, 11) is 0. The maximum atomic E-state index is 13.3. The van der Waals surface area contributed by atoms with E-state index < -0.39 is 0 Å². The van der Waals surface area contributed by atoms with E-state index >= 15 is 0 Å². The fourth-order valence-corrected chi connectivity index (χ4v) is 4.41. The summed E-state index contributed by atoms with van der Waals surface area (Å²) in [5.74, 6) is 2.84. The number of hydrogen-bond donors (Lipinski definition) is 0. The number of aryl methyl sites for hydroxylation is 2. The monoisotopic (exact) mass is 425 g/mol. The maximum absolute atomic E-state index is 13.3. The number of thioether (sulfide) groups is 1. The van der Waals surface area contributed by atoms with Crippen LogP contribution in [0.4, 0.5) is 0 Å². The third-order valence-electron chi connectivity index (χ3n) is 5.02. The molecule has 3 aromatic rings. The molecular formula is C22H23N3O4S. The number of aromatic nitrogens is 2. The second kappa shape index (κ2) is 8.79. The van der Waals surface area contributed by atoms with Gasteiger partial charge in [-0.3, -0.25) is 4.79 Å². The number of benzene rings is 1. The molecule has 0 N–H and O–H groups in total. The van der Waals surface area contributed by atoms with E-state index in [1.165, 1.54) is 11.8 Å². The Balaban J connectivity index is 1.51. The third-order valence-corrected chi connectivity index (χ3v) is 6.05. The molecule has 7 nitrogen and oxygen atoms in total. The number of fused-ring (bicyclic) bond motifs is 1. The lowest BCUT2D eigenvalue weighted by atomic mass is 10.1. The molecule has 0 radical (unpaired) electrons. The van der Waals surface area contributed by atoms with Crippen LogP contribution in [0.2, 0.25) is 0 Å². The van der Waals surface area contributed by atoms with E-state index in [-0.39, 0.29) is 12.7 Å². The Hall–Kier alpha value is -3.00. The third kappa shape index (κ3) is 4.14. The van der Waals surface area contributed by atoms with Crippen molar-refractivity contribution in [2.24, 2.45) is 0 Å². The first-order valence-corrected chi connectivity index (χ1v) is 10.7. The van der Waals surface area contributed by atoms with E-state index in [1.807, 2.05) is 45.0 Å². The quantitative estimate of drug-likeness (QED) is 0.520. The van der Waals surface area contributed by atoms with Gasteiger partial charge in [0, 0.05) is 30.6 Å². The molecule has 0 saturated heterocycles. The Kier molecular flexibility index (Phi) is 5.94. The van der Waals surface area contributed by atoms with Crippen molar-refractivity contribution in [3.05, 3.63) is 64.7 Å². The summed E-state index contributed by atoms with van der Waals surface area (Å²) in [6.07, 6.45) is 1.71. The number of ether oxygens (including phenoxy) is 2.